The third-order valence-corrected chi connectivity index (χ3v) is 3.45. The fraction of sp³-hybridized carbons (Fsp3) is 0.278. The van der Waals surface area contributed by atoms with Crippen LogP contribution in [0.25, 0.3) is 0 Å². The molecule has 0 aliphatic carbocycles. The van der Waals surface area contributed by atoms with Crippen LogP contribution < -0.4 is 15.8 Å². The molecule has 0 aromatic heterocycles. The summed E-state index contributed by atoms with van der Waals surface area (Å²) in [6.07, 6.45) is -4.22. The van der Waals surface area contributed by atoms with E-state index in [-0.39, 0.29) is 30.7 Å². The molecule has 3 N–H and O–H groups in total. The number of hydrogen-bond donors (Lipinski definition) is 2. The van der Waals surface area contributed by atoms with Crippen molar-refractivity contribution in [2.24, 2.45) is 5.73 Å². The lowest BCUT2D eigenvalue weighted by molar-refractivity contribution is -0.153. The topological polar surface area (TPSA) is 64.4 Å². The molecule has 2 aromatic rings. The lowest BCUT2D eigenvalue weighted by Crippen LogP contribution is -2.27. The Labute approximate surface area is 143 Å². The third-order valence-electron chi connectivity index (χ3n) is 3.45. The van der Waals surface area contributed by atoms with E-state index in [4.69, 9.17) is 5.73 Å². The van der Waals surface area contributed by atoms with Crippen LogP contribution in [0.2, 0.25) is 0 Å². The van der Waals surface area contributed by atoms with Crippen molar-refractivity contribution in [3.63, 3.8) is 0 Å². The highest BCUT2D eigenvalue weighted by Crippen LogP contribution is 2.19. The summed E-state index contributed by atoms with van der Waals surface area (Å²) in [6.45, 7) is -1.07. The molecule has 0 fully saturated rings. The van der Waals surface area contributed by atoms with E-state index in [1.807, 2.05) is 30.3 Å². The number of amides is 1. The molecule has 0 aliphatic heterocycles. The number of nitrogens with two attached hydrogens (primary N) is 1. The SMILES string of the molecule is NC(CC(=O)NCc1ccc(OCC(F)(F)F)cc1)c1ccccc1. The minimum Gasteiger partial charge on any atom is -0.484 e. The summed E-state index contributed by atoms with van der Waals surface area (Å²) in [5, 5.41) is 2.74. The lowest BCUT2D eigenvalue weighted by atomic mass is 10.0. The van der Waals surface area contributed by atoms with Crippen LogP contribution in [0.4, 0.5) is 13.2 Å². The summed E-state index contributed by atoms with van der Waals surface area (Å²) >= 11 is 0. The van der Waals surface area contributed by atoms with Crippen molar-refractivity contribution in [2.45, 2.75) is 25.2 Å². The first-order chi connectivity index (χ1) is 11.8. The smallest absolute Gasteiger partial charge is 0.422 e. The van der Waals surface area contributed by atoms with E-state index < -0.39 is 12.8 Å². The third kappa shape index (κ3) is 6.84. The normalized spacial score (nSPS) is 12.5. The Morgan fingerprint density at radius 3 is 2.32 bits per heavy atom. The molecule has 0 aliphatic rings. The summed E-state index contributed by atoms with van der Waals surface area (Å²) < 4.78 is 40.8. The second kappa shape index (κ2) is 8.53. The Bertz CT molecular complexity index is 673. The van der Waals surface area contributed by atoms with Crippen molar-refractivity contribution in [3.05, 3.63) is 65.7 Å². The number of carbonyl (C=O) groups is 1. The highest BCUT2D eigenvalue weighted by atomic mass is 19.4. The monoisotopic (exact) mass is 352 g/mol. The van der Waals surface area contributed by atoms with E-state index in [1.165, 1.54) is 12.1 Å². The van der Waals surface area contributed by atoms with Gasteiger partial charge in [-0.25, -0.2) is 0 Å². The molecular formula is C18H19F3N2O2. The van der Waals surface area contributed by atoms with Crippen molar-refractivity contribution in [3.8, 4) is 5.75 Å². The van der Waals surface area contributed by atoms with Crippen LogP contribution in [-0.2, 0) is 11.3 Å². The highest BCUT2D eigenvalue weighted by Gasteiger charge is 2.28. The van der Waals surface area contributed by atoms with Crippen molar-refractivity contribution in [1.29, 1.82) is 0 Å². The van der Waals surface area contributed by atoms with Gasteiger partial charge in [-0.2, -0.15) is 13.2 Å². The maximum absolute atomic E-state index is 12.1. The predicted molar refractivity (Wildman–Crippen MR) is 87.8 cm³/mol. The molecule has 1 unspecified atom stereocenters. The summed E-state index contributed by atoms with van der Waals surface area (Å²) in [5.41, 5.74) is 7.61. The molecule has 134 valence electrons. The number of halogens is 3. The average Bonchev–Trinajstić information content (AvgIpc) is 2.59. The Morgan fingerprint density at radius 2 is 1.72 bits per heavy atom. The molecular weight excluding hydrogens is 333 g/mol. The Hall–Kier alpha value is -2.54. The van der Waals surface area contributed by atoms with Crippen molar-refractivity contribution >= 4 is 5.91 Å². The molecule has 7 heteroatoms. The van der Waals surface area contributed by atoms with E-state index in [1.54, 1.807) is 12.1 Å². The van der Waals surface area contributed by atoms with E-state index in [9.17, 15) is 18.0 Å². The summed E-state index contributed by atoms with van der Waals surface area (Å²) in [4.78, 5) is 11.9. The number of rotatable bonds is 7. The first-order valence-electron chi connectivity index (χ1n) is 7.69. The lowest BCUT2D eigenvalue weighted by Gasteiger charge is -2.12. The average molecular weight is 352 g/mol. The van der Waals surface area contributed by atoms with Gasteiger partial charge in [0.15, 0.2) is 6.61 Å². The van der Waals surface area contributed by atoms with Crippen LogP contribution in [0.3, 0.4) is 0 Å². The fourth-order valence-electron chi connectivity index (χ4n) is 2.16. The Kier molecular flexibility index (Phi) is 6.41. The molecule has 1 amide bonds. The van der Waals surface area contributed by atoms with E-state index in [2.05, 4.69) is 10.1 Å². The molecule has 0 saturated heterocycles. The molecule has 0 saturated carbocycles. The maximum Gasteiger partial charge on any atom is 0.422 e. The number of nitrogens with one attached hydrogen (secondary N) is 1. The predicted octanol–water partition coefficient (Wildman–Crippen LogP) is 3.33. The van der Waals surface area contributed by atoms with Crippen LogP contribution in [0, 0.1) is 0 Å². The number of ether oxygens (including phenoxy) is 1. The Morgan fingerprint density at radius 1 is 1.08 bits per heavy atom. The second-order valence-electron chi connectivity index (χ2n) is 5.55. The van der Waals surface area contributed by atoms with Gasteiger partial charge < -0.3 is 15.8 Å². The van der Waals surface area contributed by atoms with Gasteiger partial charge in [0.1, 0.15) is 5.75 Å². The number of benzene rings is 2. The summed E-state index contributed by atoms with van der Waals surface area (Å²) in [7, 11) is 0. The highest BCUT2D eigenvalue weighted by molar-refractivity contribution is 5.76. The molecule has 0 radical (unpaired) electrons. The zero-order chi connectivity index (χ0) is 18.3. The van der Waals surface area contributed by atoms with Crippen molar-refractivity contribution in [1.82, 2.24) is 5.32 Å². The van der Waals surface area contributed by atoms with Crippen LogP contribution >= 0.6 is 0 Å². The van der Waals surface area contributed by atoms with E-state index in [0.29, 0.717) is 0 Å². The van der Waals surface area contributed by atoms with Crippen LogP contribution in [-0.4, -0.2) is 18.7 Å². The molecule has 0 spiro atoms. The second-order valence-corrected chi connectivity index (χ2v) is 5.55. The fourth-order valence-corrected chi connectivity index (χ4v) is 2.16. The largest absolute Gasteiger partial charge is 0.484 e. The van der Waals surface area contributed by atoms with Gasteiger partial charge in [-0.05, 0) is 23.3 Å². The first kappa shape index (κ1) is 18.8. The van der Waals surface area contributed by atoms with E-state index in [0.717, 1.165) is 11.1 Å². The number of carbonyl (C=O) groups excluding carboxylic acids is 1. The van der Waals surface area contributed by atoms with Gasteiger partial charge >= 0.3 is 6.18 Å². The van der Waals surface area contributed by atoms with Gasteiger partial charge in [0.05, 0.1) is 0 Å². The standard InChI is InChI=1S/C18H19F3N2O2/c19-18(20,21)12-25-15-8-6-13(7-9-15)11-23-17(24)10-16(22)14-4-2-1-3-5-14/h1-9,16H,10-12,22H2,(H,23,24). The zero-order valence-electron chi connectivity index (χ0n) is 13.4. The maximum atomic E-state index is 12.1. The molecule has 1 atom stereocenters. The van der Waals surface area contributed by atoms with Crippen molar-refractivity contribution in [2.75, 3.05) is 6.61 Å². The minimum atomic E-state index is -4.37. The number of hydrogen-bond acceptors (Lipinski definition) is 3. The molecule has 0 heterocycles. The first-order valence-corrected chi connectivity index (χ1v) is 7.69. The quantitative estimate of drug-likeness (QED) is 0.803. The van der Waals surface area contributed by atoms with Crippen molar-refractivity contribution < 1.29 is 22.7 Å². The molecule has 2 rings (SSSR count). The molecule has 4 nitrogen and oxygen atoms in total. The number of alkyl halides is 3. The van der Waals surface area contributed by atoms with Gasteiger partial charge in [0.2, 0.25) is 5.91 Å². The minimum absolute atomic E-state index is 0.124. The van der Waals surface area contributed by atoms with Gasteiger partial charge in [-0.3, -0.25) is 4.79 Å². The van der Waals surface area contributed by atoms with E-state index >= 15 is 0 Å². The molecule has 25 heavy (non-hydrogen) atoms. The van der Waals surface area contributed by atoms with Gasteiger partial charge in [0, 0.05) is 19.0 Å². The molecule has 2 aromatic carbocycles. The summed E-state index contributed by atoms with van der Waals surface area (Å²) in [5.74, 6) is -0.0766. The van der Waals surface area contributed by atoms with Gasteiger partial charge in [0.25, 0.3) is 0 Å². The van der Waals surface area contributed by atoms with Crippen LogP contribution in [0.1, 0.15) is 23.6 Å². The van der Waals surface area contributed by atoms with Gasteiger partial charge in [-0.1, -0.05) is 42.5 Å². The van der Waals surface area contributed by atoms with Crippen LogP contribution in [0.15, 0.2) is 54.6 Å². The zero-order valence-corrected chi connectivity index (χ0v) is 13.4. The Balaban J connectivity index is 1.78. The van der Waals surface area contributed by atoms with Crippen LogP contribution in [0.5, 0.6) is 5.75 Å². The summed E-state index contributed by atoms with van der Waals surface area (Å²) in [6, 6.07) is 15.0. The molecule has 0 bridgehead atoms. The van der Waals surface area contributed by atoms with Gasteiger partial charge in [-0.15, -0.1) is 0 Å².